The van der Waals surface area contributed by atoms with Gasteiger partial charge in [0, 0.05) is 12.1 Å². The summed E-state index contributed by atoms with van der Waals surface area (Å²) in [6.45, 7) is 11.9. The van der Waals surface area contributed by atoms with E-state index in [9.17, 15) is 0 Å². The Morgan fingerprint density at radius 3 is 1.95 bits per heavy atom. The molecule has 0 aliphatic heterocycles. The topological polar surface area (TPSA) is 24.7 Å². The van der Waals surface area contributed by atoms with E-state index >= 15 is 0 Å². The van der Waals surface area contributed by atoms with Crippen molar-refractivity contribution in [2.75, 3.05) is 0 Å². The molecule has 0 saturated heterocycles. The first-order valence-corrected chi connectivity index (χ1v) is 8.62. The van der Waals surface area contributed by atoms with Crippen LogP contribution in [0.25, 0.3) is 0 Å². The largest absolute Gasteiger partial charge is 0.249 e. The van der Waals surface area contributed by atoms with Crippen LogP contribution >= 0.6 is 0 Å². The van der Waals surface area contributed by atoms with Crippen LogP contribution in [0.5, 0.6) is 0 Å². The average Bonchev–Trinajstić information content (AvgIpc) is 2.50. The van der Waals surface area contributed by atoms with E-state index in [2.05, 4.69) is 37.1 Å². The molecule has 0 rings (SSSR count). The van der Waals surface area contributed by atoms with E-state index in [0.717, 1.165) is 5.84 Å². The van der Waals surface area contributed by atoms with Crippen molar-refractivity contribution in [3.8, 4) is 0 Å². The minimum atomic E-state index is 0.464. The second kappa shape index (κ2) is 15.2. The molecule has 0 heterocycles. The zero-order chi connectivity index (χ0) is 15.8. The molecule has 0 saturated carbocycles. The molecule has 0 atom stereocenters. The monoisotopic (exact) mass is 290 g/mol. The molecule has 0 unspecified atom stereocenters. The zero-order valence-electron chi connectivity index (χ0n) is 14.2. The number of rotatable bonds is 13. The Morgan fingerprint density at radius 1 is 0.952 bits per heavy atom. The molecular weight excluding hydrogens is 256 g/mol. The second-order valence-corrected chi connectivity index (χ2v) is 5.62. The van der Waals surface area contributed by atoms with Crippen molar-refractivity contribution in [3.05, 3.63) is 24.9 Å². The van der Waals surface area contributed by atoms with Gasteiger partial charge in [-0.25, -0.2) is 9.98 Å². The second-order valence-electron chi connectivity index (χ2n) is 5.62. The molecule has 120 valence electrons. The summed E-state index contributed by atoms with van der Waals surface area (Å²) in [5, 5.41) is 0. The number of hydrogen-bond acceptors (Lipinski definition) is 1. The minimum Gasteiger partial charge on any atom is -0.249 e. The molecule has 0 aromatic rings. The summed E-state index contributed by atoms with van der Waals surface area (Å²) < 4.78 is 0. The highest BCUT2D eigenvalue weighted by Crippen LogP contribution is 2.21. The molecule has 0 N–H and O–H groups in total. The van der Waals surface area contributed by atoms with Crippen LogP contribution < -0.4 is 0 Å². The number of aliphatic imine (C=N–C) groups is 2. The molecule has 0 aliphatic carbocycles. The number of amidine groups is 1. The lowest BCUT2D eigenvalue weighted by atomic mass is 9.93. The van der Waals surface area contributed by atoms with Gasteiger partial charge >= 0.3 is 0 Å². The maximum Gasteiger partial charge on any atom is 0.130 e. The van der Waals surface area contributed by atoms with Gasteiger partial charge in [-0.05, 0) is 25.6 Å². The van der Waals surface area contributed by atoms with E-state index in [1.807, 2.05) is 6.08 Å². The van der Waals surface area contributed by atoms with Crippen molar-refractivity contribution in [1.82, 2.24) is 0 Å². The van der Waals surface area contributed by atoms with Crippen molar-refractivity contribution in [2.24, 2.45) is 15.9 Å². The van der Waals surface area contributed by atoms with Crippen LogP contribution in [0.1, 0.15) is 78.1 Å². The molecule has 2 heteroatoms. The lowest BCUT2D eigenvalue weighted by molar-refractivity contribution is 0.491. The third kappa shape index (κ3) is 11.2. The van der Waals surface area contributed by atoms with Gasteiger partial charge in [0.05, 0.1) is 0 Å². The van der Waals surface area contributed by atoms with Crippen molar-refractivity contribution in [3.63, 3.8) is 0 Å². The predicted molar refractivity (Wildman–Crippen MR) is 97.3 cm³/mol. The quantitative estimate of drug-likeness (QED) is 0.164. The van der Waals surface area contributed by atoms with Gasteiger partial charge in [0.25, 0.3) is 0 Å². The van der Waals surface area contributed by atoms with E-state index in [1.54, 1.807) is 12.3 Å². The van der Waals surface area contributed by atoms with Gasteiger partial charge in [-0.3, -0.25) is 0 Å². The molecule has 0 fully saturated rings. The minimum absolute atomic E-state index is 0.464. The van der Waals surface area contributed by atoms with Gasteiger partial charge < -0.3 is 0 Å². The van der Waals surface area contributed by atoms with Gasteiger partial charge in [0.1, 0.15) is 5.84 Å². The Bertz CT molecular complexity index is 304. The van der Waals surface area contributed by atoms with E-state index in [0.29, 0.717) is 5.92 Å². The summed E-state index contributed by atoms with van der Waals surface area (Å²) >= 11 is 0. The molecule has 21 heavy (non-hydrogen) atoms. The molecule has 0 radical (unpaired) electrons. The zero-order valence-corrected chi connectivity index (χ0v) is 14.2. The Kier molecular flexibility index (Phi) is 14.4. The Morgan fingerprint density at radius 2 is 1.52 bits per heavy atom. The van der Waals surface area contributed by atoms with Crippen molar-refractivity contribution < 1.29 is 0 Å². The lowest BCUT2D eigenvalue weighted by Crippen LogP contribution is -2.12. The van der Waals surface area contributed by atoms with E-state index in [-0.39, 0.29) is 0 Å². The summed E-state index contributed by atoms with van der Waals surface area (Å²) in [4.78, 5) is 8.64. The van der Waals surface area contributed by atoms with Crippen molar-refractivity contribution in [2.45, 2.75) is 78.1 Å². The molecule has 0 aromatic carbocycles. The lowest BCUT2D eigenvalue weighted by Gasteiger charge is -2.16. The van der Waals surface area contributed by atoms with Crippen LogP contribution in [-0.4, -0.2) is 12.6 Å². The van der Waals surface area contributed by atoms with Crippen LogP contribution in [0.2, 0.25) is 0 Å². The number of nitrogens with zero attached hydrogens (tertiary/aromatic N) is 2. The average molecular weight is 290 g/mol. The Hall–Kier alpha value is -1.18. The number of hydrogen-bond donors (Lipinski definition) is 0. The Balaban J connectivity index is 4.49. The van der Waals surface area contributed by atoms with E-state index in [4.69, 9.17) is 0 Å². The predicted octanol–water partition coefficient (Wildman–Crippen LogP) is 6.34. The van der Waals surface area contributed by atoms with Crippen LogP contribution in [-0.2, 0) is 0 Å². The van der Waals surface area contributed by atoms with Crippen LogP contribution in [0.15, 0.2) is 34.9 Å². The summed E-state index contributed by atoms with van der Waals surface area (Å²) in [7, 11) is 0. The fourth-order valence-corrected chi connectivity index (χ4v) is 2.49. The molecule has 0 aromatic heterocycles. The first-order chi connectivity index (χ1) is 10.3. The molecule has 0 spiro atoms. The first-order valence-electron chi connectivity index (χ1n) is 8.62. The first kappa shape index (κ1) is 19.8. The third-order valence-electron chi connectivity index (χ3n) is 3.77. The van der Waals surface area contributed by atoms with Crippen LogP contribution in [0.4, 0.5) is 0 Å². The standard InChI is InChI=1S/C19H34N2/c1-5-8-11-13-15-18(16-14-12-9-6-2)19(20-4)21-17-10-7-3/h7,10,17-18H,3-6,8-9,11-16H2,1-2H3/b17-10-,21-19?. The summed E-state index contributed by atoms with van der Waals surface area (Å²) in [6.07, 6.45) is 18.1. The van der Waals surface area contributed by atoms with Gasteiger partial charge in [0.15, 0.2) is 0 Å². The van der Waals surface area contributed by atoms with Gasteiger partial charge in [-0.1, -0.05) is 77.9 Å². The fourth-order valence-electron chi connectivity index (χ4n) is 2.49. The smallest absolute Gasteiger partial charge is 0.130 e. The van der Waals surface area contributed by atoms with Crippen molar-refractivity contribution in [1.29, 1.82) is 0 Å². The van der Waals surface area contributed by atoms with E-state index < -0.39 is 0 Å². The normalized spacial score (nSPS) is 12.2. The SMILES string of the molecule is C=C/C=C\N=C(N=C)C(CCCCCC)CCCCCC. The Labute approximate surface area is 132 Å². The molecular formula is C19H34N2. The number of allylic oxidation sites excluding steroid dienone is 2. The van der Waals surface area contributed by atoms with E-state index in [1.165, 1.54) is 64.2 Å². The highest BCUT2D eigenvalue weighted by Gasteiger charge is 2.14. The third-order valence-corrected chi connectivity index (χ3v) is 3.77. The van der Waals surface area contributed by atoms with Crippen LogP contribution in [0.3, 0.4) is 0 Å². The maximum atomic E-state index is 4.47. The van der Waals surface area contributed by atoms with Gasteiger partial charge in [0.2, 0.25) is 0 Å². The summed E-state index contributed by atoms with van der Waals surface area (Å²) in [5.41, 5.74) is 0. The maximum absolute atomic E-state index is 4.47. The molecule has 0 aliphatic rings. The van der Waals surface area contributed by atoms with Crippen LogP contribution in [0, 0.1) is 5.92 Å². The highest BCUT2D eigenvalue weighted by molar-refractivity contribution is 5.88. The molecule has 0 amide bonds. The molecule has 0 bridgehead atoms. The van der Waals surface area contributed by atoms with Gasteiger partial charge in [-0.2, -0.15) is 0 Å². The summed E-state index contributed by atoms with van der Waals surface area (Å²) in [6, 6.07) is 0. The fraction of sp³-hybridized carbons (Fsp3) is 0.684. The molecule has 2 nitrogen and oxygen atoms in total. The number of unbranched alkanes of at least 4 members (excludes halogenated alkanes) is 6. The highest BCUT2D eigenvalue weighted by atomic mass is 14.9. The van der Waals surface area contributed by atoms with Crippen molar-refractivity contribution >= 4 is 12.6 Å². The summed E-state index contributed by atoms with van der Waals surface area (Å²) in [5.74, 6) is 1.37. The van der Waals surface area contributed by atoms with Gasteiger partial charge in [-0.15, -0.1) is 0 Å².